The molecule has 0 spiro atoms. The number of hydrogen-bond donors (Lipinski definition) is 0. The lowest BCUT2D eigenvalue weighted by atomic mass is 10.2. The van der Waals surface area contributed by atoms with Crippen molar-refractivity contribution in [1.82, 2.24) is 0 Å². The van der Waals surface area contributed by atoms with Crippen LogP contribution in [0.4, 0.5) is 0 Å². The number of hydrogen-bond acceptors (Lipinski definition) is 1. The van der Waals surface area contributed by atoms with Crippen LogP contribution < -0.4 is 0 Å². The summed E-state index contributed by atoms with van der Waals surface area (Å²) in [6.07, 6.45) is 0. The lowest BCUT2D eigenvalue weighted by Crippen LogP contribution is -1.94. The normalized spacial score (nSPS) is 11.2. The van der Waals surface area contributed by atoms with E-state index in [0.717, 1.165) is 0 Å². The van der Waals surface area contributed by atoms with Crippen LogP contribution in [0.2, 0.25) is 0 Å². The fraction of sp³-hybridized carbons (Fsp3) is 1.00. The van der Waals surface area contributed by atoms with Crippen molar-refractivity contribution in [3.8, 4) is 0 Å². The fourth-order valence-corrected chi connectivity index (χ4v) is 0.954. The molecule has 0 fully saturated rings. The molecule has 0 N–H and O–H groups in total. The maximum Gasteiger partial charge on any atom is 0.225 e. The molecule has 0 aromatic carbocycles. The SMILES string of the molecule is CC(C)COP(Cl)Cl. The molecule has 0 aliphatic carbocycles. The molecule has 0 bridgehead atoms. The summed E-state index contributed by atoms with van der Waals surface area (Å²) in [5, 5.41) is 0. The maximum absolute atomic E-state index is 5.33. The zero-order valence-corrected chi connectivity index (χ0v) is 7.30. The van der Waals surface area contributed by atoms with Gasteiger partial charge in [0.25, 0.3) is 0 Å². The van der Waals surface area contributed by atoms with Crippen molar-refractivity contribution < 1.29 is 4.52 Å². The largest absolute Gasteiger partial charge is 0.331 e. The molecule has 0 amide bonds. The Morgan fingerprint density at radius 2 is 2.00 bits per heavy atom. The van der Waals surface area contributed by atoms with Crippen LogP contribution in [-0.2, 0) is 4.52 Å². The smallest absolute Gasteiger partial charge is 0.225 e. The minimum Gasteiger partial charge on any atom is -0.331 e. The van der Waals surface area contributed by atoms with Gasteiger partial charge in [-0.05, 0) is 28.4 Å². The van der Waals surface area contributed by atoms with Gasteiger partial charge in [-0.2, -0.15) is 0 Å². The molecule has 4 heteroatoms. The van der Waals surface area contributed by atoms with Crippen LogP contribution in [0.25, 0.3) is 0 Å². The van der Waals surface area contributed by atoms with E-state index in [-0.39, 0.29) is 0 Å². The Hall–Kier alpha value is 0.970. The molecule has 0 aliphatic rings. The Morgan fingerprint density at radius 3 is 2.12 bits per heavy atom. The molecule has 50 valence electrons. The second-order valence-corrected chi connectivity index (χ2v) is 4.91. The highest BCUT2D eigenvalue weighted by Crippen LogP contribution is 2.47. The van der Waals surface area contributed by atoms with Crippen LogP contribution in [-0.4, -0.2) is 6.61 Å². The van der Waals surface area contributed by atoms with Crippen molar-refractivity contribution in [3.63, 3.8) is 0 Å². The van der Waals surface area contributed by atoms with Crippen molar-refractivity contribution in [2.75, 3.05) is 6.61 Å². The standard InChI is InChI=1S/C4H9Cl2OP/c1-4(2)3-7-8(5)6/h4H,3H2,1-2H3. The Kier molecular flexibility index (Phi) is 5.40. The number of halogens is 2. The van der Waals surface area contributed by atoms with Crippen molar-refractivity contribution in [1.29, 1.82) is 0 Å². The topological polar surface area (TPSA) is 9.23 Å². The molecule has 0 aromatic heterocycles. The predicted molar refractivity (Wildman–Crippen MR) is 39.4 cm³/mol. The van der Waals surface area contributed by atoms with Gasteiger partial charge in [0, 0.05) is 0 Å². The molecule has 0 heterocycles. The lowest BCUT2D eigenvalue weighted by Gasteiger charge is -2.04. The van der Waals surface area contributed by atoms with Crippen molar-refractivity contribution in [3.05, 3.63) is 0 Å². The van der Waals surface area contributed by atoms with E-state index >= 15 is 0 Å². The van der Waals surface area contributed by atoms with E-state index in [2.05, 4.69) is 0 Å². The highest BCUT2D eigenvalue weighted by molar-refractivity contribution is 8.00. The molecule has 0 saturated heterocycles. The van der Waals surface area contributed by atoms with Crippen LogP contribution >= 0.6 is 29.3 Å². The van der Waals surface area contributed by atoms with Crippen molar-refractivity contribution in [2.24, 2.45) is 5.92 Å². The lowest BCUT2D eigenvalue weighted by molar-refractivity contribution is 0.309. The van der Waals surface area contributed by atoms with E-state index in [9.17, 15) is 0 Å². The first-order chi connectivity index (χ1) is 3.63. The zero-order valence-electron chi connectivity index (χ0n) is 4.90. The fourth-order valence-electron chi connectivity index (χ4n) is 0.205. The quantitative estimate of drug-likeness (QED) is 0.597. The van der Waals surface area contributed by atoms with Crippen LogP contribution in [0.15, 0.2) is 0 Å². The molecular formula is C4H9Cl2OP. The molecular weight excluding hydrogens is 166 g/mol. The monoisotopic (exact) mass is 174 g/mol. The Labute approximate surface area is 60.7 Å². The first-order valence-electron chi connectivity index (χ1n) is 2.37. The van der Waals surface area contributed by atoms with Gasteiger partial charge < -0.3 is 4.52 Å². The third-order valence-electron chi connectivity index (χ3n) is 0.505. The van der Waals surface area contributed by atoms with Gasteiger partial charge in [0.2, 0.25) is 6.85 Å². The van der Waals surface area contributed by atoms with Gasteiger partial charge in [-0.3, -0.25) is 0 Å². The van der Waals surface area contributed by atoms with Crippen molar-refractivity contribution in [2.45, 2.75) is 13.8 Å². The summed E-state index contributed by atoms with van der Waals surface area (Å²) in [7, 11) is 0. The van der Waals surface area contributed by atoms with Crippen molar-refractivity contribution >= 4 is 29.3 Å². The first kappa shape index (κ1) is 8.97. The van der Waals surface area contributed by atoms with Gasteiger partial charge >= 0.3 is 0 Å². The Morgan fingerprint density at radius 1 is 1.50 bits per heavy atom. The molecule has 0 saturated carbocycles. The van der Waals surface area contributed by atoms with Gasteiger partial charge in [0.15, 0.2) is 0 Å². The molecule has 0 aromatic rings. The minimum atomic E-state index is -1.19. The summed E-state index contributed by atoms with van der Waals surface area (Å²) in [5.41, 5.74) is 0. The molecule has 0 unspecified atom stereocenters. The van der Waals surface area contributed by atoms with E-state index in [1.165, 1.54) is 0 Å². The van der Waals surface area contributed by atoms with Gasteiger partial charge in [-0.1, -0.05) is 13.8 Å². The number of rotatable bonds is 3. The maximum atomic E-state index is 5.33. The van der Waals surface area contributed by atoms with E-state index < -0.39 is 6.85 Å². The average Bonchev–Trinajstić information content (AvgIpc) is 1.61. The Bertz CT molecular complexity index is 50.0. The Balaban J connectivity index is 2.93. The van der Waals surface area contributed by atoms with E-state index in [0.29, 0.717) is 12.5 Å². The highest BCUT2D eigenvalue weighted by atomic mass is 35.9. The van der Waals surface area contributed by atoms with Crippen LogP contribution in [0.3, 0.4) is 0 Å². The van der Waals surface area contributed by atoms with Gasteiger partial charge in [0.05, 0.1) is 6.61 Å². The van der Waals surface area contributed by atoms with Gasteiger partial charge in [-0.15, -0.1) is 0 Å². The molecule has 0 atom stereocenters. The van der Waals surface area contributed by atoms with E-state index in [1.54, 1.807) is 0 Å². The van der Waals surface area contributed by atoms with Gasteiger partial charge in [-0.25, -0.2) is 0 Å². The molecule has 8 heavy (non-hydrogen) atoms. The predicted octanol–water partition coefficient (Wildman–Crippen LogP) is 3.36. The summed E-state index contributed by atoms with van der Waals surface area (Å²) in [5.74, 6) is 0.512. The zero-order chi connectivity index (χ0) is 6.57. The second-order valence-electron chi connectivity index (χ2n) is 1.89. The molecule has 0 rings (SSSR count). The molecule has 1 nitrogen and oxygen atoms in total. The third kappa shape index (κ3) is 6.97. The summed E-state index contributed by atoms with van der Waals surface area (Å²) in [4.78, 5) is 0. The minimum absolute atomic E-state index is 0.512. The van der Waals surface area contributed by atoms with Gasteiger partial charge in [0.1, 0.15) is 0 Å². The summed E-state index contributed by atoms with van der Waals surface area (Å²) in [6, 6.07) is 0. The van der Waals surface area contributed by atoms with Crippen LogP contribution in [0, 0.1) is 5.92 Å². The summed E-state index contributed by atoms with van der Waals surface area (Å²) < 4.78 is 4.90. The summed E-state index contributed by atoms with van der Waals surface area (Å²) in [6.45, 7) is 3.56. The average molecular weight is 175 g/mol. The molecule has 0 radical (unpaired) electrons. The van der Waals surface area contributed by atoms with Crippen LogP contribution in [0.5, 0.6) is 0 Å². The second kappa shape index (κ2) is 4.81. The third-order valence-corrected chi connectivity index (χ3v) is 1.44. The summed E-state index contributed by atoms with van der Waals surface area (Å²) >= 11 is 10.7. The van der Waals surface area contributed by atoms with Crippen LogP contribution in [0.1, 0.15) is 13.8 Å². The molecule has 0 aliphatic heterocycles. The van der Waals surface area contributed by atoms with E-state index in [1.807, 2.05) is 13.8 Å². The first-order valence-corrected chi connectivity index (χ1v) is 5.44. The van der Waals surface area contributed by atoms with E-state index in [4.69, 9.17) is 27.0 Å². The highest BCUT2D eigenvalue weighted by Gasteiger charge is 1.99.